The standard InChI is InChI=1S/C15H17N3O4S/c1-3-11(9-4-6-10(22-2)7-5-9)13(19)17-15-16-8-12(23-15)14(20)18-21/h4-8,11,21H,3H2,1-2H3,(H,18,20)(H,16,17,19)/t11-/m0/s1. The van der Waals surface area contributed by atoms with Gasteiger partial charge in [-0.1, -0.05) is 30.4 Å². The third-order valence-electron chi connectivity index (χ3n) is 3.30. The molecule has 0 saturated heterocycles. The first-order chi connectivity index (χ1) is 11.1. The number of rotatable bonds is 6. The third-order valence-corrected chi connectivity index (χ3v) is 4.22. The Morgan fingerprint density at radius 2 is 2.04 bits per heavy atom. The number of ether oxygens (including phenoxy) is 1. The summed E-state index contributed by atoms with van der Waals surface area (Å²) in [4.78, 5) is 27.9. The first-order valence-electron chi connectivity index (χ1n) is 6.94. The second-order valence-corrected chi connectivity index (χ2v) is 5.72. The highest BCUT2D eigenvalue weighted by Crippen LogP contribution is 2.25. The van der Waals surface area contributed by atoms with E-state index in [1.54, 1.807) is 19.2 Å². The number of nitrogens with zero attached hydrogens (tertiary/aromatic N) is 1. The first kappa shape index (κ1) is 16.9. The van der Waals surface area contributed by atoms with Crippen molar-refractivity contribution in [3.63, 3.8) is 0 Å². The minimum atomic E-state index is -0.662. The lowest BCUT2D eigenvalue weighted by molar-refractivity contribution is -0.117. The molecule has 2 amide bonds. The molecule has 0 radical (unpaired) electrons. The maximum absolute atomic E-state index is 12.4. The van der Waals surface area contributed by atoms with E-state index in [0.29, 0.717) is 11.6 Å². The molecule has 7 nitrogen and oxygen atoms in total. The van der Waals surface area contributed by atoms with E-state index in [1.165, 1.54) is 11.7 Å². The summed E-state index contributed by atoms with van der Waals surface area (Å²) >= 11 is 0.988. The normalized spacial score (nSPS) is 11.6. The number of anilines is 1. The van der Waals surface area contributed by atoms with Gasteiger partial charge in [-0.2, -0.15) is 0 Å². The number of carbonyl (C=O) groups excluding carboxylic acids is 2. The number of nitrogens with one attached hydrogen (secondary N) is 2. The van der Waals surface area contributed by atoms with Crippen LogP contribution < -0.4 is 15.5 Å². The Kier molecular flexibility index (Phi) is 5.67. The molecule has 0 fully saturated rings. The van der Waals surface area contributed by atoms with E-state index in [-0.39, 0.29) is 16.7 Å². The molecule has 8 heteroatoms. The smallest absolute Gasteiger partial charge is 0.286 e. The third kappa shape index (κ3) is 4.05. The van der Waals surface area contributed by atoms with Crippen molar-refractivity contribution >= 4 is 28.3 Å². The lowest BCUT2D eigenvalue weighted by Crippen LogP contribution is -2.20. The molecule has 1 atom stereocenters. The van der Waals surface area contributed by atoms with Crippen LogP contribution in [0.4, 0.5) is 5.13 Å². The summed E-state index contributed by atoms with van der Waals surface area (Å²) in [7, 11) is 1.58. The Bertz CT molecular complexity index is 684. The van der Waals surface area contributed by atoms with Gasteiger partial charge in [0.05, 0.1) is 19.2 Å². The van der Waals surface area contributed by atoms with E-state index in [0.717, 1.165) is 22.6 Å². The molecule has 1 aromatic heterocycles. The molecule has 0 spiro atoms. The molecule has 1 aromatic carbocycles. The first-order valence-corrected chi connectivity index (χ1v) is 7.75. The molecule has 0 aliphatic heterocycles. The number of hydrogen-bond acceptors (Lipinski definition) is 6. The van der Waals surface area contributed by atoms with Crippen LogP contribution in [0.2, 0.25) is 0 Å². The molecule has 3 N–H and O–H groups in total. The van der Waals surface area contributed by atoms with Crippen molar-refractivity contribution in [2.75, 3.05) is 12.4 Å². The summed E-state index contributed by atoms with van der Waals surface area (Å²) in [6.45, 7) is 1.92. The van der Waals surface area contributed by atoms with Gasteiger partial charge in [0.1, 0.15) is 10.6 Å². The van der Waals surface area contributed by atoms with Crippen LogP contribution in [0.1, 0.15) is 34.5 Å². The zero-order valence-electron chi connectivity index (χ0n) is 12.7. The minimum absolute atomic E-state index is 0.206. The summed E-state index contributed by atoms with van der Waals surface area (Å²) in [6, 6.07) is 7.30. The van der Waals surface area contributed by atoms with Gasteiger partial charge in [-0.15, -0.1) is 0 Å². The van der Waals surface area contributed by atoms with Crippen molar-refractivity contribution in [1.82, 2.24) is 10.5 Å². The summed E-state index contributed by atoms with van der Waals surface area (Å²) < 4.78 is 5.11. The Balaban J connectivity index is 2.10. The van der Waals surface area contributed by atoms with E-state index in [2.05, 4.69) is 10.3 Å². The summed E-state index contributed by atoms with van der Waals surface area (Å²) in [5, 5.41) is 11.6. The molecule has 1 heterocycles. The number of thiazole rings is 1. The highest BCUT2D eigenvalue weighted by Gasteiger charge is 2.20. The summed E-state index contributed by atoms with van der Waals surface area (Å²) in [5.74, 6) is -0.475. The van der Waals surface area contributed by atoms with E-state index >= 15 is 0 Å². The number of hydroxylamine groups is 1. The van der Waals surface area contributed by atoms with E-state index in [1.807, 2.05) is 19.1 Å². The van der Waals surface area contributed by atoms with Crippen LogP contribution >= 0.6 is 11.3 Å². The molecule has 2 rings (SSSR count). The molecule has 0 unspecified atom stereocenters. The molecule has 0 aliphatic rings. The van der Waals surface area contributed by atoms with Crippen LogP contribution in [0, 0.1) is 0 Å². The van der Waals surface area contributed by atoms with Gasteiger partial charge < -0.3 is 10.1 Å². The molecule has 0 aliphatic carbocycles. The minimum Gasteiger partial charge on any atom is -0.497 e. The van der Waals surface area contributed by atoms with Crippen LogP contribution in [0.5, 0.6) is 5.75 Å². The Hall–Kier alpha value is -2.45. The fraction of sp³-hybridized carbons (Fsp3) is 0.267. The molecule has 122 valence electrons. The Morgan fingerprint density at radius 3 is 2.61 bits per heavy atom. The van der Waals surface area contributed by atoms with Gasteiger partial charge >= 0.3 is 0 Å². The van der Waals surface area contributed by atoms with E-state index < -0.39 is 5.91 Å². The van der Waals surface area contributed by atoms with Gasteiger partial charge in [0.2, 0.25) is 5.91 Å². The molecule has 23 heavy (non-hydrogen) atoms. The number of hydrogen-bond donors (Lipinski definition) is 3. The monoisotopic (exact) mass is 335 g/mol. The van der Waals surface area contributed by atoms with Gasteiger partial charge in [0.15, 0.2) is 5.13 Å². The molecule has 0 saturated carbocycles. The summed E-state index contributed by atoms with van der Waals surface area (Å²) in [6.07, 6.45) is 1.91. The maximum atomic E-state index is 12.4. The van der Waals surface area contributed by atoms with E-state index in [4.69, 9.17) is 9.94 Å². The van der Waals surface area contributed by atoms with Crippen molar-refractivity contribution < 1.29 is 19.5 Å². The van der Waals surface area contributed by atoms with Crippen LogP contribution in [0.15, 0.2) is 30.5 Å². The summed E-state index contributed by atoms with van der Waals surface area (Å²) in [5.41, 5.74) is 2.40. The van der Waals surface area contributed by atoms with Crippen molar-refractivity contribution in [3.05, 3.63) is 40.9 Å². The number of methoxy groups -OCH3 is 1. The maximum Gasteiger partial charge on any atom is 0.286 e. The van der Waals surface area contributed by atoms with Crippen LogP contribution in [-0.4, -0.2) is 29.1 Å². The molecular weight excluding hydrogens is 318 g/mol. The van der Waals surface area contributed by atoms with Crippen molar-refractivity contribution in [2.24, 2.45) is 0 Å². The van der Waals surface area contributed by atoms with Gasteiger partial charge in [0, 0.05) is 0 Å². The highest BCUT2D eigenvalue weighted by molar-refractivity contribution is 7.17. The fourth-order valence-corrected chi connectivity index (χ4v) is 2.80. The van der Waals surface area contributed by atoms with Crippen LogP contribution in [0.25, 0.3) is 0 Å². The van der Waals surface area contributed by atoms with E-state index in [9.17, 15) is 9.59 Å². The lowest BCUT2D eigenvalue weighted by Gasteiger charge is -2.14. The number of benzene rings is 1. The van der Waals surface area contributed by atoms with Gasteiger partial charge in [0.25, 0.3) is 5.91 Å². The number of amides is 2. The lowest BCUT2D eigenvalue weighted by atomic mass is 9.95. The SMILES string of the molecule is CC[C@H](C(=O)Nc1ncc(C(=O)NO)s1)c1ccc(OC)cc1. The molecule has 2 aromatic rings. The largest absolute Gasteiger partial charge is 0.497 e. The highest BCUT2D eigenvalue weighted by atomic mass is 32.1. The van der Waals surface area contributed by atoms with Gasteiger partial charge in [-0.25, -0.2) is 10.5 Å². The second-order valence-electron chi connectivity index (χ2n) is 4.69. The van der Waals surface area contributed by atoms with Crippen molar-refractivity contribution in [2.45, 2.75) is 19.3 Å². The van der Waals surface area contributed by atoms with Gasteiger partial charge in [-0.3, -0.25) is 14.8 Å². The predicted molar refractivity (Wildman–Crippen MR) is 86.0 cm³/mol. The predicted octanol–water partition coefficient (Wildman–Crippen LogP) is 2.40. The van der Waals surface area contributed by atoms with Crippen LogP contribution in [0.3, 0.4) is 0 Å². The topological polar surface area (TPSA) is 101 Å². The Morgan fingerprint density at radius 1 is 1.35 bits per heavy atom. The quantitative estimate of drug-likeness (QED) is 0.556. The molecule has 0 bridgehead atoms. The second kappa shape index (κ2) is 7.70. The molecular formula is C15H17N3O4S. The van der Waals surface area contributed by atoms with Crippen LogP contribution in [-0.2, 0) is 4.79 Å². The average molecular weight is 335 g/mol. The average Bonchev–Trinajstić information content (AvgIpc) is 3.04. The van der Waals surface area contributed by atoms with Gasteiger partial charge in [-0.05, 0) is 24.1 Å². The number of aromatic nitrogens is 1. The fourth-order valence-electron chi connectivity index (χ4n) is 2.09. The Labute approximate surface area is 137 Å². The van der Waals surface area contributed by atoms with Crippen molar-refractivity contribution in [3.8, 4) is 5.75 Å². The zero-order valence-corrected chi connectivity index (χ0v) is 13.5. The van der Waals surface area contributed by atoms with Crippen molar-refractivity contribution in [1.29, 1.82) is 0 Å². The zero-order chi connectivity index (χ0) is 16.8. The number of carbonyl (C=O) groups is 2.